The number of hydrogen-bond acceptors (Lipinski definition) is 5. The third-order valence-electron chi connectivity index (χ3n) is 4.55. The standard InChI is InChI=1S/C22H33N3O4S.HI/c1-22(2,3)18-8-10-20(11-9-18)30(26,27)16-13-25-21(23-4)24-12-6-14-28-17-19-7-5-15-29-19;/h5,7-11,15H,6,12-14,16-17H2,1-4H3,(H2,23,24,25);1H. The molecule has 0 saturated carbocycles. The summed E-state index contributed by atoms with van der Waals surface area (Å²) >= 11 is 0. The third kappa shape index (κ3) is 9.61. The molecular formula is C22H34IN3O4S. The Morgan fingerprint density at radius 1 is 1.10 bits per heavy atom. The van der Waals surface area contributed by atoms with E-state index in [1.165, 1.54) is 0 Å². The van der Waals surface area contributed by atoms with Gasteiger partial charge in [-0.3, -0.25) is 4.99 Å². The van der Waals surface area contributed by atoms with Crippen LogP contribution in [0.5, 0.6) is 0 Å². The lowest BCUT2D eigenvalue weighted by atomic mass is 9.87. The van der Waals surface area contributed by atoms with Crippen LogP contribution >= 0.6 is 24.0 Å². The van der Waals surface area contributed by atoms with Crippen molar-refractivity contribution in [1.29, 1.82) is 0 Å². The molecule has 7 nitrogen and oxygen atoms in total. The van der Waals surface area contributed by atoms with Crippen LogP contribution in [-0.2, 0) is 26.6 Å². The number of nitrogens with one attached hydrogen (secondary N) is 2. The van der Waals surface area contributed by atoms with Crippen LogP contribution in [0.4, 0.5) is 0 Å². The van der Waals surface area contributed by atoms with Gasteiger partial charge in [0.05, 0.1) is 16.9 Å². The molecule has 0 aliphatic heterocycles. The summed E-state index contributed by atoms with van der Waals surface area (Å²) in [4.78, 5) is 4.46. The lowest BCUT2D eigenvalue weighted by Gasteiger charge is -2.19. The molecule has 0 aliphatic carbocycles. The average Bonchev–Trinajstić information content (AvgIpc) is 3.22. The van der Waals surface area contributed by atoms with Gasteiger partial charge in [-0.15, -0.1) is 24.0 Å². The van der Waals surface area contributed by atoms with Crippen molar-refractivity contribution in [3.05, 3.63) is 54.0 Å². The number of halogens is 1. The van der Waals surface area contributed by atoms with E-state index in [0.29, 0.717) is 30.6 Å². The van der Waals surface area contributed by atoms with Crippen molar-refractivity contribution in [3.8, 4) is 0 Å². The molecule has 31 heavy (non-hydrogen) atoms. The fourth-order valence-corrected chi connectivity index (χ4v) is 3.91. The number of ether oxygens (including phenoxy) is 1. The highest BCUT2D eigenvalue weighted by Gasteiger charge is 2.17. The van der Waals surface area contributed by atoms with Crippen molar-refractivity contribution in [2.24, 2.45) is 4.99 Å². The van der Waals surface area contributed by atoms with Crippen LogP contribution < -0.4 is 10.6 Å². The molecule has 0 bridgehead atoms. The molecule has 0 fully saturated rings. The van der Waals surface area contributed by atoms with E-state index in [4.69, 9.17) is 9.15 Å². The molecule has 0 aliphatic rings. The largest absolute Gasteiger partial charge is 0.467 e. The number of guanidine groups is 1. The number of benzene rings is 1. The van der Waals surface area contributed by atoms with Gasteiger partial charge in [-0.25, -0.2) is 8.42 Å². The fraction of sp³-hybridized carbons (Fsp3) is 0.500. The van der Waals surface area contributed by atoms with E-state index in [2.05, 4.69) is 36.4 Å². The first-order chi connectivity index (χ1) is 14.2. The van der Waals surface area contributed by atoms with Crippen molar-refractivity contribution < 1.29 is 17.6 Å². The van der Waals surface area contributed by atoms with Gasteiger partial charge in [0.2, 0.25) is 0 Å². The van der Waals surface area contributed by atoms with Gasteiger partial charge in [-0.2, -0.15) is 0 Å². The normalized spacial score (nSPS) is 12.3. The highest BCUT2D eigenvalue weighted by molar-refractivity contribution is 14.0. The molecule has 0 saturated heterocycles. The van der Waals surface area contributed by atoms with Crippen LogP contribution in [0.25, 0.3) is 0 Å². The van der Waals surface area contributed by atoms with Gasteiger partial charge >= 0.3 is 0 Å². The van der Waals surface area contributed by atoms with Crippen molar-refractivity contribution in [2.75, 3.05) is 32.5 Å². The van der Waals surface area contributed by atoms with E-state index in [-0.39, 0.29) is 41.7 Å². The zero-order valence-corrected chi connectivity index (χ0v) is 21.8. The van der Waals surface area contributed by atoms with Crippen LogP contribution in [0.3, 0.4) is 0 Å². The van der Waals surface area contributed by atoms with Crippen molar-refractivity contribution in [1.82, 2.24) is 10.6 Å². The van der Waals surface area contributed by atoms with Gasteiger partial charge in [0, 0.05) is 26.7 Å². The lowest BCUT2D eigenvalue weighted by Crippen LogP contribution is -2.40. The van der Waals surface area contributed by atoms with E-state index in [1.54, 1.807) is 25.4 Å². The second-order valence-corrected chi connectivity index (χ2v) is 10.1. The van der Waals surface area contributed by atoms with Gasteiger partial charge in [0.1, 0.15) is 12.4 Å². The van der Waals surface area contributed by atoms with Crippen molar-refractivity contribution >= 4 is 39.8 Å². The Kier molecular flexibility index (Phi) is 11.6. The third-order valence-corrected chi connectivity index (χ3v) is 6.28. The molecular weight excluding hydrogens is 529 g/mol. The quantitative estimate of drug-likeness (QED) is 0.198. The number of furan rings is 1. The first kappa shape index (κ1) is 27.4. The molecule has 1 heterocycles. The molecule has 2 aromatic rings. The number of aliphatic imine (C=N–C) groups is 1. The Balaban J connectivity index is 0.00000480. The van der Waals surface area contributed by atoms with Crippen LogP contribution in [0.2, 0.25) is 0 Å². The molecule has 0 spiro atoms. The second-order valence-electron chi connectivity index (χ2n) is 8.00. The Hall–Kier alpha value is -1.59. The van der Waals surface area contributed by atoms with Gasteiger partial charge in [-0.05, 0) is 41.7 Å². The van der Waals surface area contributed by atoms with E-state index in [9.17, 15) is 8.42 Å². The predicted octanol–water partition coefficient (Wildman–Crippen LogP) is 3.74. The summed E-state index contributed by atoms with van der Waals surface area (Å²) in [5.74, 6) is 1.36. The molecule has 0 radical (unpaired) electrons. The first-order valence-electron chi connectivity index (χ1n) is 10.1. The highest BCUT2D eigenvalue weighted by Crippen LogP contribution is 2.23. The minimum absolute atomic E-state index is 0. The zero-order valence-electron chi connectivity index (χ0n) is 18.7. The smallest absolute Gasteiger partial charge is 0.191 e. The molecule has 1 aromatic carbocycles. The minimum Gasteiger partial charge on any atom is -0.467 e. The van der Waals surface area contributed by atoms with Gasteiger partial charge in [0.15, 0.2) is 15.8 Å². The fourth-order valence-electron chi connectivity index (χ4n) is 2.75. The maximum atomic E-state index is 12.6. The average molecular weight is 564 g/mol. The molecule has 0 unspecified atom stereocenters. The van der Waals surface area contributed by atoms with Crippen LogP contribution in [-0.4, -0.2) is 46.9 Å². The molecule has 2 N–H and O–H groups in total. The first-order valence-corrected chi connectivity index (χ1v) is 11.8. The summed E-state index contributed by atoms with van der Waals surface area (Å²) in [6, 6.07) is 10.8. The number of nitrogens with zero attached hydrogens (tertiary/aromatic N) is 1. The Labute approximate surface area is 203 Å². The van der Waals surface area contributed by atoms with Crippen molar-refractivity contribution in [2.45, 2.75) is 44.1 Å². The molecule has 174 valence electrons. The van der Waals surface area contributed by atoms with Crippen LogP contribution in [0, 0.1) is 0 Å². The monoisotopic (exact) mass is 563 g/mol. The Bertz CT molecular complexity index is 890. The van der Waals surface area contributed by atoms with Gasteiger partial charge in [0.25, 0.3) is 0 Å². The van der Waals surface area contributed by atoms with E-state index in [0.717, 1.165) is 17.7 Å². The minimum atomic E-state index is -3.35. The Morgan fingerprint density at radius 2 is 1.77 bits per heavy atom. The summed E-state index contributed by atoms with van der Waals surface area (Å²) in [5, 5.41) is 6.20. The maximum Gasteiger partial charge on any atom is 0.191 e. The summed E-state index contributed by atoms with van der Waals surface area (Å²) in [6.45, 7) is 8.29. The molecule has 9 heteroatoms. The Morgan fingerprint density at radius 3 is 2.35 bits per heavy atom. The second kappa shape index (κ2) is 13.1. The number of rotatable bonds is 10. The van der Waals surface area contributed by atoms with Crippen LogP contribution in [0.1, 0.15) is 38.5 Å². The van der Waals surface area contributed by atoms with Gasteiger partial charge in [-0.1, -0.05) is 32.9 Å². The molecule has 1 aromatic heterocycles. The summed E-state index contributed by atoms with van der Waals surface area (Å²) in [6.07, 6.45) is 2.41. The molecule has 2 rings (SSSR count). The van der Waals surface area contributed by atoms with Crippen molar-refractivity contribution in [3.63, 3.8) is 0 Å². The van der Waals surface area contributed by atoms with Gasteiger partial charge < -0.3 is 19.8 Å². The lowest BCUT2D eigenvalue weighted by molar-refractivity contribution is 0.105. The summed E-state index contributed by atoms with van der Waals surface area (Å²) < 4.78 is 35.9. The zero-order chi connectivity index (χ0) is 22.0. The maximum absolute atomic E-state index is 12.6. The topological polar surface area (TPSA) is 92.9 Å². The SMILES string of the molecule is CN=C(NCCCOCc1ccco1)NCCS(=O)(=O)c1ccc(C(C)(C)C)cc1.I. The summed E-state index contributed by atoms with van der Waals surface area (Å²) in [7, 11) is -1.70. The molecule has 0 atom stereocenters. The number of sulfone groups is 1. The predicted molar refractivity (Wildman–Crippen MR) is 135 cm³/mol. The van der Waals surface area contributed by atoms with Crippen LogP contribution in [0.15, 0.2) is 57.0 Å². The molecule has 0 amide bonds. The number of hydrogen-bond donors (Lipinski definition) is 2. The summed E-state index contributed by atoms with van der Waals surface area (Å²) in [5.41, 5.74) is 1.10. The van der Waals surface area contributed by atoms with E-state index >= 15 is 0 Å². The highest BCUT2D eigenvalue weighted by atomic mass is 127. The van der Waals surface area contributed by atoms with E-state index < -0.39 is 9.84 Å². The van der Waals surface area contributed by atoms with E-state index in [1.807, 2.05) is 24.3 Å².